The number of benzene rings is 1. The second kappa shape index (κ2) is 9.38. The summed E-state index contributed by atoms with van der Waals surface area (Å²) in [5.74, 6) is 0.505. The van der Waals surface area contributed by atoms with Crippen LogP contribution >= 0.6 is 11.8 Å². The van der Waals surface area contributed by atoms with Crippen molar-refractivity contribution in [1.82, 2.24) is 20.4 Å². The zero-order chi connectivity index (χ0) is 19.1. The van der Waals surface area contributed by atoms with Crippen molar-refractivity contribution in [3.05, 3.63) is 41.8 Å². The van der Waals surface area contributed by atoms with Crippen molar-refractivity contribution < 1.29 is 14.0 Å². The number of nitrogens with one attached hydrogen (secondary N) is 1. The van der Waals surface area contributed by atoms with Crippen LogP contribution in [-0.4, -0.2) is 52.8 Å². The van der Waals surface area contributed by atoms with Gasteiger partial charge in [-0.05, 0) is 18.4 Å². The summed E-state index contributed by atoms with van der Waals surface area (Å²) in [6.07, 6.45) is 0.637. The van der Waals surface area contributed by atoms with E-state index >= 15 is 0 Å². The highest BCUT2D eigenvalue weighted by atomic mass is 32.2. The molecule has 0 aliphatic heterocycles. The van der Waals surface area contributed by atoms with Gasteiger partial charge in [0.25, 0.3) is 5.22 Å². The molecular weight excluding hydrogens is 352 g/mol. The summed E-state index contributed by atoms with van der Waals surface area (Å²) in [5.41, 5.74) is 1.21. The quantitative estimate of drug-likeness (QED) is 0.710. The molecule has 1 aromatic carbocycles. The van der Waals surface area contributed by atoms with Crippen molar-refractivity contribution in [2.75, 3.05) is 19.8 Å². The van der Waals surface area contributed by atoms with Crippen LogP contribution in [0.15, 0.2) is 40.0 Å². The summed E-state index contributed by atoms with van der Waals surface area (Å²) in [6, 6.07) is 9.55. The third-order valence-electron chi connectivity index (χ3n) is 3.81. The summed E-state index contributed by atoms with van der Waals surface area (Å²) in [7, 11) is 3.30. The Bertz CT molecular complexity index is 733. The molecule has 1 aromatic heterocycles. The number of carbonyl (C=O) groups is 2. The molecule has 2 atom stereocenters. The maximum absolute atomic E-state index is 11.9. The minimum atomic E-state index is -0.567. The lowest BCUT2D eigenvalue weighted by atomic mass is 9.98. The number of rotatable bonds is 8. The molecule has 26 heavy (non-hydrogen) atoms. The molecule has 1 N–H and O–H groups in total. The summed E-state index contributed by atoms with van der Waals surface area (Å²) in [4.78, 5) is 25.1. The van der Waals surface area contributed by atoms with E-state index in [0.29, 0.717) is 17.5 Å². The van der Waals surface area contributed by atoms with Crippen molar-refractivity contribution in [1.29, 1.82) is 0 Å². The highest BCUT2D eigenvalue weighted by molar-refractivity contribution is 7.99. The molecule has 2 rings (SSSR count). The Hall–Kier alpha value is -2.35. The van der Waals surface area contributed by atoms with Gasteiger partial charge in [-0.25, -0.2) is 0 Å². The molecule has 0 fully saturated rings. The smallest absolute Gasteiger partial charge is 0.277 e. The van der Waals surface area contributed by atoms with Crippen molar-refractivity contribution in [2.24, 2.45) is 0 Å². The third kappa shape index (κ3) is 5.87. The van der Waals surface area contributed by atoms with Crippen molar-refractivity contribution in [2.45, 2.75) is 37.5 Å². The molecule has 0 aliphatic carbocycles. The SMILES string of the molecule is CC(NC(=O)CSc1nnc(CC(C)c2ccccc2)o1)C(=O)N(C)C. The van der Waals surface area contributed by atoms with Crippen molar-refractivity contribution in [3.8, 4) is 0 Å². The second-order valence-electron chi connectivity index (χ2n) is 6.29. The largest absolute Gasteiger partial charge is 0.416 e. The van der Waals surface area contributed by atoms with E-state index in [9.17, 15) is 9.59 Å². The number of hydrogen-bond donors (Lipinski definition) is 1. The van der Waals surface area contributed by atoms with Crippen LogP contribution < -0.4 is 5.32 Å². The zero-order valence-electron chi connectivity index (χ0n) is 15.4. The van der Waals surface area contributed by atoms with Crippen molar-refractivity contribution >= 4 is 23.6 Å². The maximum Gasteiger partial charge on any atom is 0.277 e. The normalized spacial score (nSPS) is 13.1. The summed E-state index contributed by atoms with van der Waals surface area (Å²) in [6.45, 7) is 3.75. The van der Waals surface area contributed by atoms with Crippen LogP contribution in [0.4, 0.5) is 0 Å². The third-order valence-corrected chi connectivity index (χ3v) is 4.63. The van der Waals surface area contributed by atoms with Crippen LogP contribution in [0.1, 0.15) is 31.2 Å². The molecule has 0 saturated carbocycles. The number of likely N-dealkylation sites (N-methyl/N-ethyl adjacent to an activating group) is 1. The molecule has 2 aromatic rings. The van der Waals surface area contributed by atoms with Crippen LogP contribution in [0, 0.1) is 0 Å². The van der Waals surface area contributed by atoms with E-state index in [0.717, 1.165) is 11.8 Å². The Morgan fingerprint density at radius 2 is 1.88 bits per heavy atom. The van der Waals surface area contributed by atoms with Gasteiger partial charge in [0.1, 0.15) is 6.04 Å². The topological polar surface area (TPSA) is 88.3 Å². The Balaban J connectivity index is 1.81. The fraction of sp³-hybridized carbons (Fsp3) is 0.444. The van der Waals surface area contributed by atoms with Crippen LogP contribution in [0.2, 0.25) is 0 Å². The van der Waals surface area contributed by atoms with Gasteiger partial charge in [0, 0.05) is 20.5 Å². The van der Waals surface area contributed by atoms with E-state index in [1.807, 2.05) is 18.2 Å². The zero-order valence-corrected chi connectivity index (χ0v) is 16.2. The van der Waals surface area contributed by atoms with Gasteiger partial charge in [-0.3, -0.25) is 9.59 Å². The first-order valence-electron chi connectivity index (χ1n) is 8.37. The highest BCUT2D eigenvalue weighted by Gasteiger charge is 2.18. The molecule has 0 aliphatic rings. The lowest BCUT2D eigenvalue weighted by Crippen LogP contribution is -2.44. The van der Waals surface area contributed by atoms with Gasteiger partial charge in [0.2, 0.25) is 17.7 Å². The Morgan fingerprint density at radius 1 is 1.19 bits per heavy atom. The number of amides is 2. The van der Waals surface area contributed by atoms with Crippen molar-refractivity contribution in [3.63, 3.8) is 0 Å². The van der Waals surface area contributed by atoms with Crippen LogP contribution in [0.3, 0.4) is 0 Å². The van der Waals surface area contributed by atoms with Crippen LogP contribution in [0.25, 0.3) is 0 Å². The number of thioether (sulfide) groups is 1. The van der Waals surface area contributed by atoms with Gasteiger partial charge < -0.3 is 14.6 Å². The summed E-state index contributed by atoms with van der Waals surface area (Å²) >= 11 is 1.16. The molecule has 140 valence electrons. The van der Waals surface area contributed by atoms with Crippen LogP contribution in [-0.2, 0) is 16.0 Å². The molecule has 7 nitrogen and oxygen atoms in total. The summed E-state index contributed by atoms with van der Waals surface area (Å²) < 4.78 is 5.60. The Morgan fingerprint density at radius 3 is 2.54 bits per heavy atom. The lowest BCUT2D eigenvalue weighted by Gasteiger charge is -2.17. The molecule has 8 heteroatoms. The van der Waals surface area contributed by atoms with Gasteiger partial charge in [0.15, 0.2) is 0 Å². The van der Waals surface area contributed by atoms with E-state index in [1.165, 1.54) is 10.5 Å². The monoisotopic (exact) mass is 376 g/mol. The Labute approximate surface area is 157 Å². The van der Waals surface area contributed by atoms with Gasteiger partial charge in [-0.1, -0.05) is 49.0 Å². The highest BCUT2D eigenvalue weighted by Crippen LogP contribution is 2.22. The van der Waals surface area contributed by atoms with E-state index < -0.39 is 6.04 Å². The predicted molar refractivity (Wildman–Crippen MR) is 99.9 cm³/mol. The van der Waals surface area contributed by atoms with Gasteiger partial charge in [0.05, 0.1) is 5.75 Å². The minimum Gasteiger partial charge on any atom is -0.416 e. The predicted octanol–water partition coefficient (Wildman–Crippen LogP) is 2.10. The minimum absolute atomic E-state index is 0.112. The molecule has 0 bridgehead atoms. The first kappa shape index (κ1) is 20.0. The van der Waals surface area contributed by atoms with E-state index in [2.05, 4.69) is 34.6 Å². The van der Waals surface area contributed by atoms with E-state index in [1.54, 1.807) is 21.0 Å². The molecule has 1 heterocycles. The van der Waals surface area contributed by atoms with Gasteiger partial charge >= 0.3 is 0 Å². The average Bonchev–Trinajstić information content (AvgIpc) is 3.07. The molecule has 2 unspecified atom stereocenters. The van der Waals surface area contributed by atoms with Gasteiger partial charge in [-0.2, -0.15) is 0 Å². The second-order valence-corrected chi connectivity index (χ2v) is 7.21. The van der Waals surface area contributed by atoms with E-state index in [-0.39, 0.29) is 23.5 Å². The number of aromatic nitrogens is 2. The average molecular weight is 376 g/mol. The first-order valence-corrected chi connectivity index (χ1v) is 9.36. The lowest BCUT2D eigenvalue weighted by molar-refractivity contribution is -0.133. The fourth-order valence-corrected chi connectivity index (χ4v) is 2.99. The summed E-state index contributed by atoms with van der Waals surface area (Å²) in [5, 5.41) is 11.0. The maximum atomic E-state index is 11.9. The fourth-order valence-electron chi connectivity index (χ4n) is 2.40. The standard InChI is InChI=1S/C18H24N4O3S/c1-12(14-8-6-5-7-9-14)10-16-20-21-18(25-16)26-11-15(23)19-13(2)17(24)22(3)4/h5-9,12-13H,10-11H2,1-4H3,(H,19,23). The molecule has 2 amide bonds. The molecule has 0 radical (unpaired) electrons. The number of carbonyl (C=O) groups excluding carboxylic acids is 2. The Kier molecular flexibility index (Phi) is 7.20. The molecule has 0 spiro atoms. The number of hydrogen-bond acceptors (Lipinski definition) is 6. The van der Waals surface area contributed by atoms with Crippen LogP contribution in [0.5, 0.6) is 0 Å². The first-order chi connectivity index (χ1) is 12.4. The molecule has 0 saturated heterocycles. The van der Waals surface area contributed by atoms with Gasteiger partial charge in [-0.15, -0.1) is 10.2 Å². The molecular formula is C18H24N4O3S. The van der Waals surface area contributed by atoms with E-state index in [4.69, 9.17) is 4.42 Å². The number of nitrogens with zero attached hydrogens (tertiary/aromatic N) is 3.